The topological polar surface area (TPSA) is 84.2 Å². The molecule has 1 aliphatic rings. The van der Waals surface area contributed by atoms with Gasteiger partial charge >= 0.3 is 11.8 Å². The Bertz CT molecular complexity index is 237. The summed E-state index contributed by atoms with van der Waals surface area (Å²) < 4.78 is 0. The molecule has 0 heterocycles. The molecule has 0 unspecified atom stereocenters. The van der Waals surface area contributed by atoms with Gasteiger partial charge in [-0.05, 0) is 12.3 Å². The molecule has 0 bridgehead atoms. The van der Waals surface area contributed by atoms with Crippen molar-refractivity contribution >= 4 is 11.8 Å². The van der Waals surface area contributed by atoms with Gasteiger partial charge in [-0.15, -0.1) is 0 Å². The second-order valence-corrected chi connectivity index (χ2v) is 4.24. The summed E-state index contributed by atoms with van der Waals surface area (Å²) in [7, 11) is 0. The van der Waals surface area contributed by atoms with Gasteiger partial charge in [-0.1, -0.05) is 25.7 Å². The van der Waals surface area contributed by atoms with Crippen LogP contribution in [0.25, 0.3) is 0 Å². The van der Waals surface area contributed by atoms with E-state index < -0.39 is 11.8 Å². The van der Waals surface area contributed by atoms with Crippen molar-refractivity contribution in [1.29, 1.82) is 0 Å². The van der Waals surface area contributed by atoms with Gasteiger partial charge in [-0.3, -0.25) is 9.59 Å². The average Bonchev–Trinajstić information content (AvgIpc) is 2.78. The molecule has 1 fully saturated rings. The summed E-state index contributed by atoms with van der Waals surface area (Å²) in [6, 6.07) is 0. The van der Waals surface area contributed by atoms with Crippen molar-refractivity contribution in [1.82, 2.24) is 10.6 Å². The molecule has 1 aliphatic carbocycles. The number of carbonyl (C=O) groups is 2. The molecule has 0 atom stereocenters. The normalized spacial score (nSPS) is 16.1. The number of carbonyl (C=O) groups excluding carboxylic acids is 2. The van der Waals surface area contributed by atoms with E-state index in [4.69, 9.17) is 5.73 Å². The highest BCUT2D eigenvalue weighted by molar-refractivity contribution is 6.35. The predicted octanol–water partition coefficient (Wildman–Crippen LogP) is -0.242. The van der Waals surface area contributed by atoms with E-state index in [1.807, 2.05) is 0 Å². The lowest BCUT2D eigenvalue weighted by molar-refractivity contribution is -0.139. The summed E-state index contributed by atoms with van der Waals surface area (Å²) in [5.41, 5.74) is 5.21. The minimum atomic E-state index is -0.586. The molecule has 0 radical (unpaired) electrons. The Balaban J connectivity index is 2.06. The van der Waals surface area contributed by atoms with E-state index in [0.717, 1.165) is 12.3 Å². The maximum absolute atomic E-state index is 11.3. The fraction of sp³-hybridized carbons (Fsp3) is 0.818. The minimum absolute atomic E-state index is 0.342. The molecule has 16 heavy (non-hydrogen) atoms. The van der Waals surface area contributed by atoms with Crippen LogP contribution in [-0.4, -0.2) is 31.4 Å². The maximum Gasteiger partial charge on any atom is 0.309 e. The molecule has 5 nitrogen and oxygen atoms in total. The lowest BCUT2D eigenvalue weighted by atomic mass is 10.0. The van der Waals surface area contributed by atoms with Crippen LogP contribution < -0.4 is 16.4 Å². The molecule has 0 aromatic heterocycles. The molecule has 0 aromatic carbocycles. The molecule has 0 aliphatic heterocycles. The Morgan fingerprint density at radius 2 is 1.62 bits per heavy atom. The lowest BCUT2D eigenvalue weighted by Gasteiger charge is -2.09. The number of nitrogens with two attached hydrogens (primary N) is 1. The Labute approximate surface area is 96.1 Å². The predicted molar refractivity (Wildman–Crippen MR) is 61.6 cm³/mol. The summed E-state index contributed by atoms with van der Waals surface area (Å²) in [6.07, 6.45) is 6.10. The minimum Gasteiger partial charge on any atom is -0.348 e. The standard InChI is InChI=1S/C11H21N3O2/c12-6-8-14-11(16)10(15)13-7-5-9-3-1-2-4-9/h9H,1-8,12H2,(H,13,15)(H,14,16). The van der Waals surface area contributed by atoms with Crippen molar-refractivity contribution in [2.24, 2.45) is 11.7 Å². The van der Waals surface area contributed by atoms with Gasteiger partial charge in [0, 0.05) is 19.6 Å². The van der Waals surface area contributed by atoms with E-state index in [-0.39, 0.29) is 0 Å². The first-order chi connectivity index (χ1) is 7.74. The third-order valence-electron chi connectivity index (χ3n) is 2.95. The van der Waals surface area contributed by atoms with Gasteiger partial charge in [0.05, 0.1) is 0 Å². The first kappa shape index (κ1) is 13.0. The molecular weight excluding hydrogens is 206 g/mol. The fourth-order valence-electron chi connectivity index (χ4n) is 2.04. The molecule has 1 rings (SSSR count). The van der Waals surface area contributed by atoms with Gasteiger partial charge in [0.2, 0.25) is 0 Å². The number of rotatable bonds is 5. The first-order valence-corrected chi connectivity index (χ1v) is 6.00. The van der Waals surface area contributed by atoms with Crippen LogP contribution in [0, 0.1) is 5.92 Å². The number of hydrogen-bond donors (Lipinski definition) is 3. The van der Waals surface area contributed by atoms with Crippen LogP contribution in [0.4, 0.5) is 0 Å². The van der Waals surface area contributed by atoms with Crippen molar-refractivity contribution in [3.05, 3.63) is 0 Å². The average molecular weight is 227 g/mol. The monoisotopic (exact) mass is 227 g/mol. The van der Waals surface area contributed by atoms with Crippen LogP contribution in [0.5, 0.6) is 0 Å². The van der Waals surface area contributed by atoms with E-state index in [2.05, 4.69) is 10.6 Å². The third-order valence-corrected chi connectivity index (χ3v) is 2.95. The Morgan fingerprint density at radius 3 is 2.19 bits per heavy atom. The highest BCUT2D eigenvalue weighted by atomic mass is 16.2. The molecule has 1 saturated carbocycles. The highest BCUT2D eigenvalue weighted by Crippen LogP contribution is 2.26. The Morgan fingerprint density at radius 1 is 1.06 bits per heavy atom. The van der Waals surface area contributed by atoms with Crippen molar-refractivity contribution in [2.75, 3.05) is 19.6 Å². The second-order valence-electron chi connectivity index (χ2n) is 4.24. The molecule has 0 saturated heterocycles. The second kappa shape index (κ2) is 7.22. The Hall–Kier alpha value is -1.10. The van der Waals surface area contributed by atoms with Crippen LogP contribution in [0.2, 0.25) is 0 Å². The summed E-state index contributed by atoms with van der Waals surface area (Å²) in [5.74, 6) is -0.407. The van der Waals surface area contributed by atoms with Crippen LogP contribution in [0.15, 0.2) is 0 Å². The number of amides is 2. The van der Waals surface area contributed by atoms with Crippen molar-refractivity contribution in [2.45, 2.75) is 32.1 Å². The third kappa shape index (κ3) is 4.61. The zero-order valence-corrected chi connectivity index (χ0v) is 9.63. The van der Waals surface area contributed by atoms with E-state index in [1.165, 1.54) is 25.7 Å². The van der Waals surface area contributed by atoms with Crippen LogP contribution in [0.3, 0.4) is 0 Å². The summed E-state index contributed by atoms with van der Waals surface area (Å²) in [6.45, 7) is 1.29. The largest absolute Gasteiger partial charge is 0.348 e. The maximum atomic E-state index is 11.3. The highest BCUT2D eigenvalue weighted by Gasteiger charge is 2.16. The summed E-state index contributed by atoms with van der Waals surface area (Å²) in [5, 5.41) is 5.06. The van der Waals surface area contributed by atoms with Crippen molar-refractivity contribution in [3.8, 4) is 0 Å². The fourth-order valence-corrected chi connectivity index (χ4v) is 2.04. The van der Waals surface area contributed by atoms with E-state index in [1.54, 1.807) is 0 Å². The van der Waals surface area contributed by atoms with E-state index in [9.17, 15) is 9.59 Å². The molecule has 0 spiro atoms. The van der Waals surface area contributed by atoms with Crippen LogP contribution in [-0.2, 0) is 9.59 Å². The van der Waals surface area contributed by atoms with Gasteiger partial charge in [0.25, 0.3) is 0 Å². The van der Waals surface area contributed by atoms with Crippen molar-refractivity contribution < 1.29 is 9.59 Å². The number of hydrogen-bond acceptors (Lipinski definition) is 3. The van der Waals surface area contributed by atoms with E-state index in [0.29, 0.717) is 19.6 Å². The summed E-state index contributed by atoms with van der Waals surface area (Å²) >= 11 is 0. The van der Waals surface area contributed by atoms with Gasteiger partial charge in [0.15, 0.2) is 0 Å². The zero-order chi connectivity index (χ0) is 11.8. The van der Waals surface area contributed by atoms with E-state index >= 15 is 0 Å². The molecule has 5 heteroatoms. The number of nitrogens with one attached hydrogen (secondary N) is 2. The van der Waals surface area contributed by atoms with Gasteiger partial charge in [-0.25, -0.2) is 0 Å². The zero-order valence-electron chi connectivity index (χ0n) is 9.63. The lowest BCUT2D eigenvalue weighted by Crippen LogP contribution is -2.42. The molecule has 4 N–H and O–H groups in total. The Kier molecular flexibility index (Phi) is 5.85. The first-order valence-electron chi connectivity index (χ1n) is 6.00. The quantitative estimate of drug-likeness (QED) is 0.567. The SMILES string of the molecule is NCCNC(=O)C(=O)NCCC1CCCC1. The molecular formula is C11H21N3O2. The van der Waals surface area contributed by atoms with Gasteiger partial charge in [-0.2, -0.15) is 0 Å². The van der Waals surface area contributed by atoms with Gasteiger partial charge in [0.1, 0.15) is 0 Å². The molecule has 0 aromatic rings. The summed E-state index contributed by atoms with van der Waals surface area (Å²) in [4.78, 5) is 22.4. The van der Waals surface area contributed by atoms with Gasteiger partial charge < -0.3 is 16.4 Å². The van der Waals surface area contributed by atoms with Crippen molar-refractivity contribution in [3.63, 3.8) is 0 Å². The van der Waals surface area contributed by atoms with Crippen LogP contribution in [0.1, 0.15) is 32.1 Å². The van der Waals surface area contributed by atoms with Crippen LogP contribution >= 0.6 is 0 Å². The smallest absolute Gasteiger partial charge is 0.309 e. The molecule has 2 amide bonds. The molecule has 92 valence electrons.